The summed E-state index contributed by atoms with van der Waals surface area (Å²) >= 11 is 7.87. The van der Waals surface area contributed by atoms with E-state index in [4.69, 9.17) is 16.3 Å². The van der Waals surface area contributed by atoms with Crippen molar-refractivity contribution in [2.24, 2.45) is 0 Å². The first-order valence-electron chi connectivity index (χ1n) is 8.97. The molecule has 6 heteroatoms. The van der Waals surface area contributed by atoms with E-state index in [1.165, 1.54) is 16.7 Å². The second kappa shape index (κ2) is 7.78. The van der Waals surface area contributed by atoms with Gasteiger partial charge in [0.1, 0.15) is 28.5 Å². The molecule has 0 unspecified atom stereocenters. The Morgan fingerprint density at radius 1 is 1.00 bits per heavy atom. The number of nitrogens with one attached hydrogen (secondary N) is 1. The van der Waals surface area contributed by atoms with Gasteiger partial charge in [-0.1, -0.05) is 17.7 Å². The van der Waals surface area contributed by atoms with E-state index in [0.29, 0.717) is 11.6 Å². The molecule has 0 aliphatic carbocycles. The molecule has 0 saturated carbocycles. The Morgan fingerprint density at radius 3 is 2.68 bits per heavy atom. The molecule has 0 aliphatic heterocycles. The van der Waals surface area contributed by atoms with Crippen LogP contribution < -0.4 is 10.1 Å². The minimum absolute atomic E-state index is 0.544. The number of rotatable bonds is 5. The summed E-state index contributed by atoms with van der Waals surface area (Å²) < 4.78 is 6.16. The van der Waals surface area contributed by atoms with E-state index in [1.54, 1.807) is 17.7 Å². The van der Waals surface area contributed by atoms with Gasteiger partial charge in [-0.05, 0) is 73.2 Å². The molecule has 4 aromatic rings. The number of benzene rings is 2. The number of nitrogens with zero attached hydrogens (tertiary/aromatic N) is 2. The molecule has 2 aromatic carbocycles. The van der Waals surface area contributed by atoms with Gasteiger partial charge in [-0.15, -0.1) is 11.3 Å². The standard InChI is InChI=1S/C22H20ClN3OS/c1-13-4-6-18(8-14(13)2)27-19-7-5-17(23)9-16(19)10-24-21-20-15(3)11-28-22(20)26-12-25-21/h4-9,11-12H,10H2,1-3H3,(H,24,25,26). The van der Waals surface area contributed by atoms with E-state index in [0.717, 1.165) is 33.1 Å². The summed E-state index contributed by atoms with van der Waals surface area (Å²) in [7, 11) is 0. The first kappa shape index (κ1) is 18.7. The lowest BCUT2D eigenvalue weighted by Gasteiger charge is -2.14. The molecule has 0 atom stereocenters. The molecule has 2 heterocycles. The number of halogens is 1. The number of thiophene rings is 1. The van der Waals surface area contributed by atoms with Crippen molar-refractivity contribution in [3.05, 3.63) is 75.4 Å². The zero-order valence-corrected chi connectivity index (χ0v) is 17.5. The van der Waals surface area contributed by atoms with Gasteiger partial charge in [0.25, 0.3) is 0 Å². The fraction of sp³-hybridized carbons (Fsp3) is 0.182. The topological polar surface area (TPSA) is 47.0 Å². The van der Waals surface area contributed by atoms with Crippen molar-refractivity contribution >= 4 is 39.0 Å². The van der Waals surface area contributed by atoms with Crippen molar-refractivity contribution in [3.63, 3.8) is 0 Å². The Morgan fingerprint density at radius 2 is 1.86 bits per heavy atom. The van der Waals surface area contributed by atoms with Crippen molar-refractivity contribution in [3.8, 4) is 11.5 Å². The molecule has 0 spiro atoms. The van der Waals surface area contributed by atoms with Crippen LogP contribution in [-0.2, 0) is 6.54 Å². The van der Waals surface area contributed by atoms with Gasteiger partial charge in [0.2, 0.25) is 0 Å². The highest BCUT2D eigenvalue weighted by atomic mass is 35.5. The van der Waals surface area contributed by atoms with E-state index >= 15 is 0 Å². The third-order valence-corrected chi connectivity index (χ3v) is 5.97. The molecule has 0 aliphatic rings. The molecule has 4 rings (SSSR count). The first-order valence-corrected chi connectivity index (χ1v) is 10.2. The lowest BCUT2D eigenvalue weighted by molar-refractivity contribution is 0.476. The number of aromatic nitrogens is 2. The Bertz CT molecular complexity index is 1160. The molecule has 0 amide bonds. The average Bonchev–Trinajstić information content (AvgIpc) is 3.06. The molecular weight excluding hydrogens is 390 g/mol. The van der Waals surface area contributed by atoms with Crippen LogP contribution in [-0.4, -0.2) is 9.97 Å². The number of ether oxygens (including phenoxy) is 1. The molecule has 0 fully saturated rings. The van der Waals surface area contributed by atoms with Crippen LogP contribution in [0, 0.1) is 20.8 Å². The number of fused-ring (bicyclic) bond motifs is 1. The third kappa shape index (κ3) is 3.81. The van der Waals surface area contributed by atoms with Crippen LogP contribution in [0.2, 0.25) is 5.02 Å². The van der Waals surface area contributed by atoms with Crippen LogP contribution in [0.3, 0.4) is 0 Å². The maximum atomic E-state index is 6.24. The minimum atomic E-state index is 0.544. The smallest absolute Gasteiger partial charge is 0.138 e. The highest BCUT2D eigenvalue weighted by molar-refractivity contribution is 7.17. The van der Waals surface area contributed by atoms with Gasteiger partial charge in [-0.3, -0.25) is 0 Å². The van der Waals surface area contributed by atoms with Crippen LogP contribution in [0.4, 0.5) is 5.82 Å². The molecule has 2 aromatic heterocycles. The van der Waals surface area contributed by atoms with Crippen molar-refractivity contribution in [1.29, 1.82) is 0 Å². The summed E-state index contributed by atoms with van der Waals surface area (Å²) in [6.07, 6.45) is 1.59. The Labute approximate surface area is 173 Å². The van der Waals surface area contributed by atoms with Gasteiger partial charge in [0.15, 0.2) is 0 Å². The molecule has 0 bridgehead atoms. The quantitative estimate of drug-likeness (QED) is 0.399. The van der Waals surface area contributed by atoms with Gasteiger partial charge in [0, 0.05) is 17.1 Å². The molecule has 4 nitrogen and oxygen atoms in total. The van der Waals surface area contributed by atoms with E-state index in [-0.39, 0.29) is 0 Å². The van der Waals surface area contributed by atoms with Crippen LogP contribution in [0.5, 0.6) is 11.5 Å². The van der Waals surface area contributed by atoms with Gasteiger partial charge in [-0.2, -0.15) is 0 Å². The van der Waals surface area contributed by atoms with Crippen molar-refractivity contribution in [2.75, 3.05) is 5.32 Å². The zero-order chi connectivity index (χ0) is 19.7. The Hall–Kier alpha value is -2.63. The SMILES string of the molecule is Cc1ccc(Oc2ccc(Cl)cc2CNc2ncnc3scc(C)c23)cc1C. The predicted molar refractivity (Wildman–Crippen MR) is 117 cm³/mol. The minimum Gasteiger partial charge on any atom is -0.457 e. The molecule has 28 heavy (non-hydrogen) atoms. The van der Waals surface area contributed by atoms with Crippen molar-refractivity contribution < 1.29 is 4.74 Å². The van der Waals surface area contributed by atoms with E-state index in [9.17, 15) is 0 Å². The monoisotopic (exact) mass is 409 g/mol. The summed E-state index contributed by atoms with van der Waals surface area (Å²) in [6.45, 7) is 6.78. The summed E-state index contributed by atoms with van der Waals surface area (Å²) in [6, 6.07) is 11.8. The van der Waals surface area contributed by atoms with Gasteiger partial charge >= 0.3 is 0 Å². The summed E-state index contributed by atoms with van der Waals surface area (Å²) in [5, 5.41) is 7.25. The number of hydrogen-bond acceptors (Lipinski definition) is 5. The summed E-state index contributed by atoms with van der Waals surface area (Å²) in [5.41, 5.74) is 4.57. The number of anilines is 1. The van der Waals surface area contributed by atoms with Gasteiger partial charge in [-0.25, -0.2) is 9.97 Å². The maximum Gasteiger partial charge on any atom is 0.138 e. The molecule has 0 saturated heterocycles. The largest absolute Gasteiger partial charge is 0.457 e. The predicted octanol–water partition coefficient (Wildman–Crippen LogP) is 6.67. The van der Waals surface area contributed by atoms with Crippen LogP contribution in [0.1, 0.15) is 22.3 Å². The first-order chi connectivity index (χ1) is 13.5. The van der Waals surface area contributed by atoms with Gasteiger partial charge in [0.05, 0.1) is 5.39 Å². The Balaban J connectivity index is 1.61. The van der Waals surface area contributed by atoms with Crippen LogP contribution in [0.25, 0.3) is 10.2 Å². The molecular formula is C22H20ClN3OS. The van der Waals surface area contributed by atoms with Crippen molar-refractivity contribution in [1.82, 2.24) is 9.97 Å². The second-order valence-electron chi connectivity index (χ2n) is 6.77. The molecule has 0 radical (unpaired) electrons. The van der Waals surface area contributed by atoms with Crippen molar-refractivity contribution in [2.45, 2.75) is 27.3 Å². The maximum absolute atomic E-state index is 6.24. The van der Waals surface area contributed by atoms with Gasteiger partial charge < -0.3 is 10.1 Å². The third-order valence-electron chi connectivity index (χ3n) is 4.73. The second-order valence-corrected chi connectivity index (χ2v) is 8.07. The average molecular weight is 410 g/mol. The highest BCUT2D eigenvalue weighted by Gasteiger charge is 2.11. The highest BCUT2D eigenvalue weighted by Crippen LogP contribution is 2.32. The van der Waals surface area contributed by atoms with E-state index in [2.05, 4.69) is 47.5 Å². The molecule has 1 N–H and O–H groups in total. The number of aryl methyl sites for hydroxylation is 3. The normalized spacial score (nSPS) is 11.0. The summed E-state index contributed by atoms with van der Waals surface area (Å²) in [4.78, 5) is 9.74. The van der Waals surface area contributed by atoms with E-state index in [1.807, 2.05) is 30.3 Å². The number of hydrogen-bond donors (Lipinski definition) is 1. The fourth-order valence-electron chi connectivity index (χ4n) is 3.02. The van der Waals surface area contributed by atoms with E-state index < -0.39 is 0 Å². The fourth-order valence-corrected chi connectivity index (χ4v) is 4.10. The zero-order valence-electron chi connectivity index (χ0n) is 15.9. The Kier molecular flexibility index (Phi) is 5.20. The van der Waals surface area contributed by atoms with Crippen LogP contribution >= 0.6 is 22.9 Å². The lowest BCUT2D eigenvalue weighted by atomic mass is 10.1. The lowest BCUT2D eigenvalue weighted by Crippen LogP contribution is -2.04. The molecule has 142 valence electrons. The summed E-state index contributed by atoms with van der Waals surface area (Å²) in [5.74, 6) is 2.40. The van der Waals surface area contributed by atoms with Crippen LogP contribution in [0.15, 0.2) is 48.1 Å².